The Morgan fingerprint density at radius 1 is 1.55 bits per heavy atom. The minimum Gasteiger partial charge on any atom is -0.301 e. The highest BCUT2D eigenvalue weighted by Crippen LogP contribution is 2.41. The smallest absolute Gasteiger partial charge is 0.0740 e. The zero-order valence-electron chi connectivity index (χ0n) is 6.93. The van der Waals surface area contributed by atoms with Gasteiger partial charge in [0.1, 0.15) is 0 Å². The third-order valence-electron chi connectivity index (χ3n) is 2.34. The van der Waals surface area contributed by atoms with Gasteiger partial charge in [0.25, 0.3) is 0 Å². The van der Waals surface area contributed by atoms with Crippen LogP contribution in [-0.4, -0.2) is 28.2 Å². The Morgan fingerprint density at radius 2 is 2.45 bits per heavy atom. The first-order valence-electron chi connectivity index (χ1n) is 4.31. The van der Waals surface area contributed by atoms with E-state index < -0.39 is 0 Å². The fourth-order valence-corrected chi connectivity index (χ4v) is 4.76. The average molecular weight is 189 g/mol. The summed E-state index contributed by atoms with van der Waals surface area (Å²) in [5.74, 6) is 2.69. The van der Waals surface area contributed by atoms with Gasteiger partial charge in [-0.3, -0.25) is 0 Å². The Morgan fingerprint density at radius 3 is 3.00 bits per heavy atom. The maximum absolute atomic E-state index is 3.66. The molecule has 0 aromatic heterocycles. The molecule has 0 aromatic carbocycles. The molecule has 0 radical (unpaired) electrons. The molecule has 1 spiro atoms. The number of thioether (sulfide) groups is 2. The van der Waals surface area contributed by atoms with Gasteiger partial charge in [0, 0.05) is 17.5 Å². The molecule has 0 amide bonds. The van der Waals surface area contributed by atoms with Crippen LogP contribution in [0.3, 0.4) is 0 Å². The first kappa shape index (κ1) is 8.27. The Hall–Kier alpha value is 0.660. The average Bonchev–Trinajstić information content (AvgIpc) is 2.34. The molecule has 3 heteroatoms. The van der Waals surface area contributed by atoms with E-state index in [0.29, 0.717) is 4.87 Å². The van der Waals surface area contributed by atoms with Crippen LogP contribution in [0.2, 0.25) is 0 Å². The molecule has 2 unspecified atom stereocenters. The van der Waals surface area contributed by atoms with Crippen molar-refractivity contribution in [2.75, 3.05) is 18.1 Å². The van der Waals surface area contributed by atoms with Gasteiger partial charge < -0.3 is 5.32 Å². The summed E-state index contributed by atoms with van der Waals surface area (Å²) in [6, 6.07) is 0. The van der Waals surface area contributed by atoms with E-state index in [4.69, 9.17) is 0 Å². The molecule has 0 aliphatic carbocycles. The maximum Gasteiger partial charge on any atom is 0.0740 e. The van der Waals surface area contributed by atoms with Crippen molar-refractivity contribution in [3.8, 4) is 0 Å². The van der Waals surface area contributed by atoms with Crippen LogP contribution < -0.4 is 5.32 Å². The molecular weight excluding hydrogens is 174 g/mol. The van der Waals surface area contributed by atoms with E-state index in [1.807, 2.05) is 0 Å². The molecule has 11 heavy (non-hydrogen) atoms. The van der Waals surface area contributed by atoms with E-state index in [-0.39, 0.29) is 0 Å². The molecule has 64 valence electrons. The predicted molar refractivity (Wildman–Crippen MR) is 54.3 cm³/mol. The van der Waals surface area contributed by atoms with Crippen molar-refractivity contribution in [3.05, 3.63) is 0 Å². The van der Waals surface area contributed by atoms with Gasteiger partial charge in [-0.2, -0.15) is 11.8 Å². The van der Waals surface area contributed by atoms with Crippen LogP contribution in [0.25, 0.3) is 0 Å². The van der Waals surface area contributed by atoms with Crippen LogP contribution in [0.5, 0.6) is 0 Å². The summed E-state index contributed by atoms with van der Waals surface area (Å²) in [6.07, 6.45) is 2.78. The van der Waals surface area contributed by atoms with Crippen LogP contribution in [0.4, 0.5) is 0 Å². The van der Waals surface area contributed by atoms with E-state index in [2.05, 4.69) is 35.8 Å². The van der Waals surface area contributed by atoms with Gasteiger partial charge >= 0.3 is 0 Å². The van der Waals surface area contributed by atoms with E-state index in [1.165, 1.54) is 30.9 Å². The topological polar surface area (TPSA) is 12.0 Å². The lowest BCUT2D eigenvalue weighted by molar-refractivity contribution is 0.494. The van der Waals surface area contributed by atoms with E-state index >= 15 is 0 Å². The monoisotopic (exact) mass is 189 g/mol. The molecule has 0 bridgehead atoms. The number of hydrogen-bond donors (Lipinski definition) is 1. The molecular formula is C8H15NS2. The molecule has 0 aromatic rings. The van der Waals surface area contributed by atoms with Gasteiger partial charge in [-0.05, 0) is 18.6 Å². The summed E-state index contributed by atoms with van der Waals surface area (Å²) in [4.78, 5) is 0.475. The molecule has 2 aliphatic rings. The number of nitrogens with one attached hydrogen (secondary N) is 1. The van der Waals surface area contributed by atoms with Crippen LogP contribution in [0.1, 0.15) is 19.8 Å². The van der Waals surface area contributed by atoms with Crippen molar-refractivity contribution in [3.63, 3.8) is 0 Å². The molecule has 2 saturated heterocycles. The largest absolute Gasteiger partial charge is 0.301 e. The first-order chi connectivity index (χ1) is 5.31. The Bertz CT molecular complexity index is 138. The molecule has 2 heterocycles. The van der Waals surface area contributed by atoms with Crippen molar-refractivity contribution in [1.82, 2.24) is 5.32 Å². The second-order valence-corrected chi connectivity index (χ2v) is 6.39. The van der Waals surface area contributed by atoms with E-state index in [0.717, 1.165) is 5.25 Å². The molecule has 2 aliphatic heterocycles. The molecule has 1 N–H and O–H groups in total. The van der Waals surface area contributed by atoms with Gasteiger partial charge in [-0.15, -0.1) is 11.8 Å². The summed E-state index contributed by atoms with van der Waals surface area (Å²) in [7, 11) is 0. The zero-order chi connectivity index (χ0) is 7.73. The quantitative estimate of drug-likeness (QED) is 0.625. The summed E-state index contributed by atoms with van der Waals surface area (Å²) < 4.78 is 0. The highest BCUT2D eigenvalue weighted by molar-refractivity contribution is 8.04. The SMILES string of the molecule is CC1CNC2(CCCSC2)S1. The van der Waals surface area contributed by atoms with Crippen LogP contribution >= 0.6 is 23.5 Å². The normalized spacial score (nSPS) is 45.0. The predicted octanol–water partition coefficient (Wildman–Crippen LogP) is 1.93. The summed E-state index contributed by atoms with van der Waals surface area (Å²) in [5.41, 5.74) is 0. The van der Waals surface area contributed by atoms with Gasteiger partial charge in [-0.1, -0.05) is 6.92 Å². The third kappa shape index (κ3) is 1.70. The summed E-state index contributed by atoms with van der Waals surface area (Å²) >= 11 is 4.27. The molecule has 1 nitrogen and oxygen atoms in total. The fourth-order valence-electron chi connectivity index (χ4n) is 1.80. The van der Waals surface area contributed by atoms with Crippen molar-refractivity contribution in [2.45, 2.75) is 29.9 Å². The van der Waals surface area contributed by atoms with Crippen LogP contribution in [0.15, 0.2) is 0 Å². The second kappa shape index (κ2) is 3.19. The van der Waals surface area contributed by atoms with Crippen molar-refractivity contribution in [2.24, 2.45) is 0 Å². The second-order valence-electron chi connectivity index (χ2n) is 3.46. The summed E-state index contributed by atoms with van der Waals surface area (Å²) in [6.45, 7) is 3.54. The van der Waals surface area contributed by atoms with Crippen LogP contribution in [-0.2, 0) is 0 Å². The lowest BCUT2D eigenvalue weighted by atomic mass is 10.2. The standard InChI is InChI=1S/C8H15NS2/c1-7-5-9-8(11-7)3-2-4-10-6-8/h7,9H,2-6H2,1H3. The maximum atomic E-state index is 3.66. The third-order valence-corrected chi connectivity index (χ3v) is 5.31. The van der Waals surface area contributed by atoms with Gasteiger partial charge in [-0.25, -0.2) is 0 Å². The minimum absolute atomic E-state index is 0.475. The van der Waals surface area contributed by atoms with Crippen molar-refractivity contribution >= 4 is 23.5 Å². The molecule has 2 fully saturated rings. The van der Waals surface area contributed by atoms with Gasteiger partial charge in [0.15, 0.2) is 0 Å². The number of hydrogen-bond acceptors (Lipinski definition) is 3. The Kier molecular flexibility index (Phi) is 2.40. The highest BCUT2D eigenvalue weighted by atomic mass is 32.2. The first-order valence-corrected chi connectivity index (χ1v) is 6.35. The van der Waals surface area contributed by atoms with Gasteiger partial charge in [0.2, 0.25) is 0 Å². The van der Waals surface area contributed by atoms with Crippen molar-refractivity contribution in [1.29, 1.82) is 0 Å². The Labute approximate surface area is 77.1 Å². The van der Waals surface area contributed by atoms with E-state index in [1.54, 1.807) is 0 Å². The zero-order valence-corrected chi connectivity index (χ0v) is 8.56. The van der Waals surface area contributed by atoms with Gasteiger partial charge in [0.05, 0.1) is 4.87 Å². The van der Waals surface area contributed by atoms with E-state index in [9.17, 15) is 0 Å². The highest BCUT2D eigenvalue weighted by Gasteiger charge is 2.38. The number of rotatable bonds is 0. The lowest BCUT2D eigenvalue weighted by Gasteiger charge is -2.32. The molecule has 2 atom stereocenters. The Balaban J connectivity index is 1.98. The van der Waals surface area contributed by atoms with Crippen LogP contribution in [0, 0.1) is 0 Å². The van der Waals surface area contributed by atoms with Crippen molar-refractivity contribution < 1.29 is 0 Å². The lowest BCUT2D eigenvalue weighted by Crippen LogP contribution is -2.41. The fraction of sp³-hybridized carbons (Fsp3) is 1.00. The molecule has 2 rings (SSSR count). The molecule has 0 saturated carbocycles. The summed E-state index contributed by atoms with van der Waals surface area (Å²) in [5, 5.41) is 4.49. The minimum atomic E-state index is 0.475.